The van der Waals surface area contributed by atoms with Crippen LogP contribution in [0.3, 0.4) is 0 Å². The predicted octanol–water partition coefficient (Wildman–Crippen LogP) is 7.93. The molecule has 12 rings (SSSR count). The van der Waals surface area contributed by atoms with Crippen LogP contribution in [-0.4, -0.2) is 195 Å². The topological polar surface area (TPSA) is 428 Å². The molecule has 0 fully saturated rings. The van der Waals surface area contributed by atoms with Crippen molar-refractivity contribution < 1.29 is 113 Å². The van der Waals surface area contributed by atoms with Crippen molar-refractivity contribution in [3.8, 4) is 45.3 Å². The minimum Gasteiger partial charge on any atom is -0.497 e. The van der Waals surface area contributed by atoms with Gasteiger partial charge in [0.1, 0.15) is 41.1 Å². The molecule has 3 atom stereocenters. The average molecular weight is 1620 g/mol. The van der Waals surface area contributed by atoms with Crippen molar-refractivity contribution in [1.29, 1.82) is 0 Å². The molecule has 3 aliphatic heterocycles. The van der Waals surface area contributed by atoms with Gasteiger partial charge < -0.3 is 14.2 Å². The van der Waals surface area contributed by atoms with Crippen LogP contribution in [0.25, 0.3) is 22.3 Å². The minimum absolute atomic E-state index is 0.171. The molecular weight excluding hydrogens is 1540 g/mol. The normalized spacial score (nSPS) is 13.9. The van der Waals surface area contributed by atoms with E-state index in [9.17, 15) is 84.0 Å². The van der Waals surface area contributed by atoms with Crippen LogP contribution < -0.4 is 30.7 Å². The number of hydroxylamine groups is 6. The van der Waals surface area contributed by atoms with Crippen LogP contribution in [0.1, 0.15) is 88.3 Å². The number of amides is 9. The smallest absolute Gasteiger partial charge is 0.265 e. The van der Waals surface area contributed by atoms with Crippen LogP contribution >= 0.6 is 0 Å². The number of rotatable bonds is 31. The molecule has 3 heterocycles. The van der Waals surface area contributed by atoms with Crippen LogP contribution in [0, 0.1) is 0 Å². The summed E-state index contributed by atoms with van der Waals surface area (Å²) < 4.78 is 98.1. The summed E-state index contributed by atoms with van der Waals surface area (Å²) in [5, 5.41) is 27.9. The summed E-state index contributed by atoms with van der Waals surface area (Å²) in [4.78, 5) is 131. The fourth-order valence-corrected chi connectivity index (χ4v) is 16.7. The fourth-order valence-electron chi connectivity index (χ4n) is 12.4. The summed E-state index contributed by atoms with van der Waals surface area (Å²) in [6.07, 6.45) is -1.02. The molecule has 0 spiro atoms. The first kappa shape index (κ1) is 84.2. The van der Waals surface area contributed by atoms with E-state index in [1.54, 1.807) is 104 Å². The minimum atomic E-state index is -4.43. The van der Waals surface area contributed by atoms with E-state index in [0.717, 1.165) is 58.3 Å². The number of hydrogen-bond acceptors (Lipinski definition) is 24. The monoisotopic (exact) mass is 1620 g/mol. The largest absolute Gasteiger partial charge is 0.497 e. The van der Waals surface area contributed by atoms with E-state index in [0.29, 0.717) is 43.0 Å². The Morgan fingerprint density at radius 3 is 0.833 bits per heavy atom. The zero-order valence-electron chi connectivity index (χ0n) is 61.4. The molecule has 0 radical (unpaired) electrons. The molecule has 114 heavy (non-hydrogen) atoms. The molecule has 9 aromatic rings. The summed E-state index contributed by atoms with van der Waals surface area (Å²) in [7, 11) is -8.53. The second-order valence-electron chi connectivity index (χ2n) is 24.7. The SMILES string of the molecule is CCOc1ccc(-c2ccc(S(=O)(=O)N(OC)[C@H](CCN3C(=O)c4ccccc4C3=O)C(=O)NO)cc2)cc1.CON([C@H](CCN1C(=O)c2ccccc2C1=O)C(=O)NO)S(=O)(=O)c1ccc(Oc2ccccc2)cc1.COc1ccc(-c2ccc(S(=O)(=O)N(OC)[C@H](CCN3C(=O)c4ccccc4C3=O)C(=O)NO)cc2)cc1. The maximum Gasteiger partial charge on any atom is 0.265 e. The number of nitrogens with one attached hydrogen (secondary N) is 3. The predicted molar refractivity (Wildman–Crippen MR) is 403 cm³/mol. The standard InChI is InChI=1S/C27H27N3O8S.C26H25N3O8S.C25H23N3O8S/c1-3-38-20-12-8-18(9-13-20)19-10-14-21(15-11-19)39(35,36)30(37-2)24(25(31)28-34)16-17-29-26(32)22-6-4-5-7-23(22)27(29)33;1-36-19-11-7-17(8-12-19)18-9-13-20(14-10-18)38(34,35)29(37-2)23(24(30)27-33)15-16-28-25(31)21-5-3-4-6-22(21)26(28)32;1-35-28(37(33,34)19-13-11-18(12-14-19)36-17-7-3-2-4-8-17)22(23(29)26-32)15-16-27-24(30)20-9-5-6-10-21(20)25(27)31/h4-15,24,34H,3,16-17H2,1-2H3,(H,28,31);3-14,23,33H,15-16H2,1-2H3,(H,27,30);2-14,22,32H,15-16H2,1H3,(H,26,29)/t24-;23-;22-/m111/s1. The summed E-state index contributed by atoms with van der Waals surface area (Å²) in [6, 6.07) is 54.7. The van der Waals surface area contributed by atoms with Crippen molar-refractivity contribution in [1.82, 2.24) is 44.5 Å². The molecule has 9 amide bonds. The second kappa shape index (κ2) is 37.4. The molecule has 33 nitrogen and oxygen atoms in total. The summed E-state index contributed by atoms with van der Waals surface area (Å²) in [5.74, 6) is -4.34. The van der Waals surface area contributed by atoms with E-state index >= 15 is 0 Å². The van der Waals surface area contributed by atoms with Gasteiger partial charge in [-0.2, -0.15) is 0 Å². The lowest BCUT2D eigenvalue weighted by molar-refractivity contribution is -0.149. The molecule has 0 unspecified atom stereocenters. The Kier molecular flexibility index (Phi) is 27.6. The molecule has 0 saturated heterocycles. The molecule has 0 aromatic heterocycles. The van der Waals surface area contributed by atoms with Gasteiger partial charge in [-0.25, -0.2) is 41.7 Å². The first-order valence-corrected chi connectivity index (χ1v) is 38.9. The van der Waals surface area contributed by atoms with Gasteiger partial charge in [0.15, 0.2) is 0 Å². The van der Waals surface area contributed by atoms with Gasteiger partial charge in [0, 0.05) is 19.6 Å². The highest BCUT2D eigenvalue weighted by molar-refractivity contribution is 7.89. The lowest BCUT2D eigenvalue weighted by atomic mass is 10.1. The Labute approximate surface area is 653 Å². The number of sulfonamides is 3. The maximum absolute atomic E-state index is 13.5. The van der Waals surface area contributed by atoms with E-state index in [1.807, 2.05) is 49.4 Å². The third-order valence-corrected chi connectivity index (χ3v) is 23.3. The molecule has 0 aliphatic carbocycles. The summed E-state index contributed by atoms with van der Waals surface area (Å²) >= 11 is 0. The van der Waals surface area contributed by atoms with Gasteiger partial charge in [0.05, 0.1) is 83.1 Å². The molecule has 594 valence electrons. The molecular formula is C78H75N9O24S3. The molecule has 3 aliphatic rings. The number of hydrogen-bond donors (Lipinski definition) is 6. The third kappa shape index (κ3) is 18.2. The highest BCUT2D eigenvalue weighted by Crippen LogP contribution is 2.33. The maximum atomic E-state index is 13.5. The number of benzene rings is 9. The lowest BCUT2D eigenvalue weighted by Crippen LogP contribution is -2.50. The van der Waals surface area contributed by atoms with Crippen LogP contribution in [0.15, 0.2) is 239 Å². The molecule has 36 heteroatoms. The number of carbonyl (C=O) groups excluding carboxylic acids is 9. The lowest BCUT2D eigenvalue weighted by Gasteiger charge is -2.28. The summed E-state index contributed by atoms with van der Waals surface area (Å²) in [6.45, 7) is 1.53. The van der Waals surface area contributed by atoms with Gasteiger partial charge >= 0.3 is 0 Å². The Morgan fingerprint density at radius 1 is 0.342 bits per heavy atom. The number of fused-ring (bicyclic) bond motifs is 3. The van der Waals surface area contributed by atoms with Crippen LogP contribution in [-0.2, 0) is 59.0 Å². The van der Waals surface area contributed by atoms with E-state index in [2.05, 4.69) is 0 Å². The van der Waals surface area contributed by atoms with Gasteiger partial charge in [0.25, 0.3) is 83.2 Å². The molecule has 0 bridgehead atoms. The summed E-state index contributed by atoms with van der Waals surface area (Å²) in [5.41, 5.74) is 8.74. The van der Waals surface area contributed by atoms with Crippen molar-refractivity contribution in [3.63, 3.8) is 0 Å². The van der Waals surface area contributed by atoms with E-state index in [-0.39, 0.29) is 87.0 Å². The van der Waals surface area contributed by atoms with Gasteiger partial charge in [-0.1, -0.05) is 117 Å². The average Bonchev–Trinajstić information content (AvgIpc) is 1.65. The fraction of sp³-hybridized carbons (Fsp3) is 0.192. The Bertz CT molecular complexity index is 5300. The Balaban J connectivity index is 0.000000181. The number of carbonyl (C=O) groups is 9. The number of nitrogens with zero attached hydrogens (tertiary/aromatic N) is 6. The first-order chi connectivity index (χ1) is 54.7. The Hall–Kier alpha value is -12.3. The highest BCUT2D eigenvalue weighted by atomic mass is 32.2. The zero-order chi connectivity index (χ0) is 82.2. The van der Waals surface area contributed by atoms with Crippen molar-refractivity contribution >= 4 is 83.2 Å². The first-order valence-electron chi connectivity index (χ1n) is 34.6. The molecule has 0 saturated carbocycles. The molecule has 9 aromatic carbocycles. The van der Waals surface area contributed by atoms with Gasteiger partial charge in [-0.05, 0) is 170 Å². The number of para-hydroxylation sites is 1. The number of ether oxygens (including phenoxy) is 3. The van der Waals surface area contributed by atoms with Crippen molar-refractivity contribution in [3.05, 3.63) is 258 Å². The van der Waals surface area contributed by atoms with Gasteiger partial charge in [-0.3, -0.25) is 88.0 Å². The number of imide groups is 3. The van der Waals surface area contributed by atoms with Crippen molar-refractivity contribution in [2.75, 3.05) is 54.7 Å². The van der Waals surface area contributed by atoms with E-state index in [1.165, 1.54) is 101 Å². The third-order valence-electron chi connectivity index (χ3n) is 18.1. The van der Waals surface area contributed by atoms with Crippen LogP contribution in [0.2, 0.25) is 0 Å². The highest BCUT2D eigenvalue weighted by Gasteiger charge is 2.44. The molecule has 6 N–H and O–H groups in total. The van der Waals surface area contributed by atoms with Gasteiger partial charge in [0.2, 0.25) is 0 Å². The van der Waals surface area contributed by atoms with E-state index < -0.39 is 101 Å². The van der Waals surface area contributed by atoms with E-state index in [4.69, 9.17) is 28.7 Å². The number of methoxy groups -OCH3 is 1. The van der Waals surface area contributed by atoms with Crippen molar-refractivity contribution in [2.45, 2.75) is 59.0 Å². The second-order valence-corrected chi connectivity index (χ2v) is 30.1. The van der Waals surface area contributed by atoms with Gasteiger partial charge in [-0.15, -0.1) is 0 Å². The quantitative estimate of drug-likeness (QED) is 0.0136. The Morgan fingerprint density at radius 2 is 0.579 bits per heavy atom. The zero-order valence-corrected chi connectivity index (χ0v) is 63.8. The van der Waals surface area contributed by atoms with Crippen LogP contribution in [0.5, 0.6) is 23.0 Å². The van der Waals surface area contributed by atoms with Crippen LogP contribution in [0.4, 0.5) is 0 Å². The van der Waals surface area contributed by atoms with Crippen molar-refractivity contribution in [2.24, 2.45) is 0 Å².